The topological polar surface area (TPSA) is 83.5 Å². The number of nitrogens with zero attached hydrogens (tertiary/aromatic N) is 2. The maximum atomic E-state index is 13.6. The Labute approximate surface area is 123 Å². The number of rotatable bonds is 4. The van der Waals surface area contributed by atoms with E-state index in [0.29, 0.717) is 22.4 Å². The second-order valence-corrected chi connectivity index (χ2v) is 4.93. The molecule has 0 aliphatic rings. The van der Waals surface area contributed by atoms with E-state index in [0.717, 1.165) is 5.56 Å². The number of hydrogen-bond donors (Lipinski definition) is 3. The molecule has 1 aromatic carbocycles. The van der Waals surface area contributed by atoms with E-state index < -0.39 is 0 Å². The fourth-order valence-corrected chi connectivity index (χ4v) is 1.94. The Kier molecular flexibility index (Phi) is 4.52. The van der Waals surface area contributed by atoms with E-state index in [9.17, 15) is 4.39 Å². The van der Waals surface area contributed by atoms with E-state index in [1.165, 1.54) is 6.07 Å². The van der Waals surface area contributed by atoms with Crippen LogP contribution in [0.5, 0.6) is 0 Å². The molecular formula is C13H12BrFN4O. The summed E-state index contributed by atoms with van der Waals surface area (Å²) in [5, 5.41) is 14.5. The standard InChI is InChI=1S/C13H12BrFN4O/c14-9-1-2-11(10(15)6-9)18-7-8-3-4-17-12(5-8)13(16)19-20/h1-6,18,20H,7H2,(H2,16,19). The fraction of sp³-hybridized carbons (Fsp3) is 0.0769. The van der Waals surface area contributed by atoms with E-state index in [2.05, 4.69) is 31.4 Å². The van der Waals surface area contributed by atoms with Crippen molar-refractivity contribution in [3.05, 3.63) is 58.1 Å². The first-order chi connectivity index (χ1) is 9.60. The summed E-state index contributed by atoms with van der Waals surface area (Å²) >= 11 is 3.20. The highest BCUT2D eigenvalue weighted by Gasteiger charge is 2.05. The summed E-state index contributed by atoms with van der Waals surface area (Å²) in [5.74, 6) is -0.410. The van der Waals surface area contributed by atoms with Crippen molar-refractivity contribution in [1.82, 2.24) is 4.98 Å². The average molecular weight is 339 g/mol. The molecule has 5 nitrogen and oxygen atoms in total. The number of amidine groups is 1. The summed E-state index contributed by atoms with van der Waals surface area (Å²) in [7, 11) is 0. The van der Waals surface area contributed by atoms with Crippen LogP contribution in [0.15, 0.2) is 46.2 Å². The van der Waals surface area contributed by atoms with Gasteiger partial charge in [-0.2, -0.15) is 0 Å². The molecule has 20 heavy (non-hydrogen) atoms. The summed E-state index contributed by atoms with van der Waals surface area (Å²) in [6, 6.07) is 8.21. The third-order valence-electron chi connectivity index (χ3n) is 2.61. The van der Waals surface area contributed by atoms with Gasteiger partial charge in [0.05, 0.1) is 5.69 Å². The lowest BCUT2D eigenvalue weighted by Crippen LogP contribution is -2.15. The predicted octanol–water partition coefficient (Wildman–Crippen LogP) is 2.69. The van der Waals surface area contributed by atoms with Crippen molar-refractivity contribution in [3.8, 4) is 0 Å². The van der Waals surface area contributed by atoms with Gasteiger partial charge in [-0.25, -0.2) is 4.39 Å². The molecule has 1 aromatic heterocycles. The second-order valence-electron chi connectivity index (χ2n) is 4.01. The SMILES string of the molecule is NC(=NO)c1cc(CNc2ccc(Br)cc2F)ccn1. The van der Waals surface area contributed by atoms with E-state index >= 15 is 0 Å². The first-order valence-electron chi connectivity index (χ1n) is 5.72. The molecular weight excluding hydrogens is 327 g/mol. The molecule has 0 fully saturated rings. The van der Waals surface area contributed by atoms with Crippen LogP contribution in [0.25, 0.3) is 0 Å². The summed E-state index contributed by atoms with van der Waals surface area (Å²) < 4.78 is 14.3. The first-order valence-corrected chi connectivity index (χ1v) is 6.51. The number of nitrogens with one attached hydrogen (secondary N) is 1. The van der Waals surface area contributed by atoms with Crippen LogP contribution in [0.1, 0.15) is 11.3 Å². The van der Waals surface area contributed by atoms with Crippen molar-refractivity contribution in [3.63, 3.8) is 0 Å². The van der Waals surface area contributed by atoms with Gasteiger partial charge in [-0.05, 0) is 35.9 Å². The van der Waals surface area contributed by atoms with Crippen molar-refractivity contribution in [2.45, 2.75) is 6.54 Å². The molecule has 1 heterocycles. The maximum Gasteiger partial charge on any atom is 0.188 e. The summed E-state index contributed by atoms with van der Waals surface area (Å²) in [6.45, 7) is 0.396. The molecule has 2 rings (SSSR count). The molecule has 0 radical (unpaired) electrons. The number of anilines is 1. The number of halogens is 2. The van der Waals surface area contributed by atoms with Crippen LogP contribution in [0.2, 0.25) is 0 Å². The predicted molar refractivity (Wildman–Crippen MR) is 78.2 cm³/mol. The van der Waals surface area contributed by atoms with E-state index in [1.807, 2.05) is 0 Å². The van der Waals surface area contributed by atoms with Gasteiger partial charge in [-0.3, -0.25) is 4.98 Å². The smallest absolute Gasteiger partial charge is 0.188 e. The van der Waals surface area contributed by atoms with Crippen LogP contribution in [0.4, 0.5) is 10.1 Å². The number of nitrogens with two attached hydrogens (primary N) is 1. The lowest BCUT2D eigenvalue weighted by Gasteiger charge is -2.08. The Morgan fingerprint density at radius 2 is 2.20 bits per heavy atom. The van der Waals surface area contributed by atoms with Crippen LogP contribution in [-0.2, 0) is 6.54 Å². The summed E-state index contributed by atoms with van der Waals surface area (Å²) in [5.41, 5.74) is 7.06. The zero-order valence-electron chi connectivity index (χ0n) is 10.3. The van der Waals surface area contributed by atoms with Gasteiger partial charge in [0.15, 0.2) is 5.84 Å². The van der Waals surface area contributed by atoms with Gasteiger partial charge >= 0.3 is 0 Å². The van der Waals surface area contributed by atoms with Gasteiger partial charge in [-0.1, -0.05) is 21.1 Å². The molecule has 2 aromatic rings. The van der Waals surface area contributed by atoms with Crippen molar-refractivity contribution in [2.24, 2.45) is 10.9 Å². The minimum absolute atomic E-state index is 0.0679. The van der Waals surface area contributed by atoms with Crippen LogP contribution in [0, 0.1) is 5.82 Å². The normalized spacial score (nSPS) is 11.4. The summed E-state index contributed by atoms with van der Waals surface area (Å²) in [4.78, 5) is 3.97. The van der Waals surface area contributed by atoms with Crippen molar-refractivity contribution in [2.75, 3.05) is 5.32 Å². The number of hydrogen-bond acceptors (Lipinski definition) is 4. The quantitative estimate of drug-likeness (QED) is 0.346. The maximum absolute atomic E-state index is 13.6. The van der Waals surface area contributed by atoms with E-state index in [1.54, 1.807) is 30.5 Å². The van der Waals surface area contributed by atoms with Gasteiger partial charge in [0.1, 0.15) is 11.5 Å². The average Bonchev–Trinajstić information content (AvgIpc) is 2.46. The molecule has 0 aliphatic carbocycles. The van der Waals surface area contributed by atoms with Crippen molar-refractivity contribution >= 4 is 27.5 Å². The number of aromatic nitrogens is 1. The molecule has 0 bridgehead atoms. The Hall–Kier alpha value is -2.15. The zero-order valence-corrected chi connectivity index (χ0v) is 11.9. The molecule has 0 spiro atoms. The van der Waals surface area contributed by atoms with Crippen molar-refractivity contribution < 1.29 is 9.60 Å². The van der Waals surface area contributed by atoms with Crippen LogP contribution in [0.3, 0.4) is 0 Å². The van der Waals surface area contributed by atoms with Gasteiger partial charge < -0.3 is 16.3 Å². The largest absolute Gasteiger partial charge is 0.409 e. The van der Waals surface area contributed by atoms with Crippen LogP contribution in [-0.4, -0.2) is 16.0 Å². The first kappa shape index (κ1) is 14.3. The minimum Gasteiger partial charge on any atom is -0.409 e. The molecule has 0 saturated heterocycles. The molecule has 0 saturated carbocycles. The third-order valence-corrected chi connectivity index (χ3v) is 3.10. The van der Waals surface area contributed by atoms with Crippen LogP contribution >= 0.6 is 15.9 Å². The Bertz CT molecular complexity index is 648. The third kappa shape index (κ3) is 3.45. The Morgan fingerprint density at radius 3 is 2.90 bits per heavy atom. The molecule has 0 amide bonds. The minimum atomic E-state index is -0.343. The van der Waals surface area contributed by atoms with Gasteiger partial charge in [0, 0.05) is 17.2 Å². The van der Waals surface area contributed by atoms with Crippen LogP contribution < -0.4 is 11.1 Å². The number of benzene rings is 1. The monoisotopic (exact) mass is 338 g/mol. The molecule has 4 N–H and O–H groups in total. The molecule has 7 heteroatoms. The highest BCUT2D eigenvalue weighted by Crippen LogP contribution is 2.20. The number of oxime groups is 1. The van der Waals surface area contributed by atoms with Gasteiger partial charge in [0.25, 0.3) is 0 Å². The second kappa shape index (κ2) is 6.33. The highest BCUT2D eigenvalue weighted by atomic mass is 79.9. The molecule has 0 aliphatic heterocycles. The van der Waals surface area contributed by atoms with Gasteiger partial charge in [-0.15, -0.1) is 0 Å². The highest BCUT2D eigenvalue weighted by molar-refractivity contribution is 9.10. The Balaban J connectivity index is 2.11. The van der Waals surface area contributed by atoms with Crippen molar-refractivity contribution in [1.29, 1.82) is 0 Å². The zero-order chi connectivity index (χ0) is 14.5. The summed E-state index contributed by atoms with van der Waals surface area (Å²) in [6.07, 6.45) is 1.54. The van der Waals surface area contributed by atoms with E-state index in [4.69, 9.17) is 10.9 Å². The molecule has 0 unspecified atom stereocenters. The van der Waals surface area contributed by atoms with E-state index in [-0.39, 0.29) is 11.7 Å². The number of pyridine rings is 1. The lowest BCUT2D eigenvalue weighted by atomic mass is 10.2. The fourth-order valence-electron chi connectivity index (χ4n) is 1.61. The molecule has 104 valence electrons. The Morgan fingerprint density at radius 1 is 1.40 bits per heavy atom. The lowest BCUT2D eigenvalue weighted by molar-refractivity contribution is 0.318. The van der Waals surface area contributed by atoms with Gasteiger partial charge in [0.2, 0.25) is 0 Å². The molecule has 0 atom stereocenters.